The van der Waals surface area contributed by atoms with Gasteiger partial charge in [0.15, 0.2) is 5.16 Å². The number of nitrogens with zero attached hydrogens (tertiary/aromatic N) is 3. The lowest BCUT2D eigenvalue weighted by molar-refractivity contribution is -0.126. The van der Waals surface area contributed by atoms with Gasteiger partial charge in [-0.2, -0.15) is 0 Å². The van der Waals surface area contributed by atoms with Crippen molar-refractivity contribution in [2.24, 2.45) is 24.8 Å². The Labute approximate surface area is 177 Å². The highest BCUT2D eigenvalue weighted by atomic mass is 32.2. The summed E-state index contributed by atoms with van der Waals surface area (Å²) in [7, 11) is 1.99. The van der Waals surface area contributed by atoms with Crippen LogP contribution in [-0.2, 0) is 18.3 Å². The Balaban J connectivity index is 1.23. The van der Waals surface area contributed by atoms with Crippen molar-refractivity contribution >= 4 is 17.7 Å². The topological polar surface area (TPSA) is 59.8 Å². The van der Waals surface area contributed by atoms with Crippen molar-refractivity contribution in [2.75, 3.05) is 0 Å². The van der Waals surface area contributed by atoms with E-state index in [1.807, 2.05) is 36.7 Å². The van der Waals surface area contributed by atoms with Crippen molar-refractivity contribution in [3.63, 3.8) is 0 Å². The molecule has 1 atom stereocenters. The number of aromatic nitrogens is 3. The van der Waals surface area contributed by atoms with Gasteiger partial charge in [0.1, 0.15) is 5.82 Å². The summed E-state index contributed by atoms with van der Waals surface area (Å²) in [5.74, 6) is 3.59. The molecule has 154 valence electrons. The molecule has 4 aliphatic carbocycles. The fraction of sp³-hybridized carbons (Fsp3) is 0.609. The third kappa shape index (κ3) is 3.83. The van der Waals surface area contributed by atoms with Crippen LogP contribution in [0.4, 0.5) is 0 Å². The van der Waals surface area contributed by atoms with E-state index in [0.29, 0.717) is 0 Å². The molecule has 6 rings (SSSR count). The summed E-state index contributed by atoms with van der Waals surface area (Å²) in [4.78, 5) is 13.1. The molecular weight excluding hydrogens is 380 g/mol. The Morgan fingerprint density at radius 3 is 2.38 bits per heavy atom. The zero-order valence-electron chi connectivity index (χ0n) is 17.3. The Morgan fingerprint density at radius 1 is 1.14 bits per heavy atom. The average Bonchev–Trinajstić information content (AvgIpc) is 3.01. The molecule has 1 N–H and O–H groups in total. The molecule has 4 saturated carbocycles. The van der Waals surface area contributed by atoms with Gasteiger partial charge in [-0.05, 0) is 68.8 Å². The second-order valence-corrected chi connectivity index (χ2v) is 10.9. The van der Waals surface area contributed by atoms with Crippen LogP contribution >= 0.6 is 11.8 Å². The zero-order chi connectivity index (χ0) is 20.0. The maximum Gasteiger partial charge on any atom is 0.233 e. The highest BCUT2D eigenvalue weighted by molar-refractivity contribution is 8.00. The first kappa shape index (κ1) is 19.2. The van der Waals surface area contributed by atoms with E-state index >= 15 is 0 Å². The summed E-state index contributed by atoms with van der Waals surface area (Å²) in [5.41, 5.74) is 1.28. The second kappa shape index (κ2) is 7.46. The van der Waals surface area contributed by atoms with E-state index in [2.05, 4.69) is 27.6 Å². The summed E-state index contributed by atoms with van der Waals surface area (Å²) < 4.78 is 2.02. The predicted molar refractivity (Wildman–Crippen MR) is 115 cm³/mol. The van der Waals surface area contributed by atoms with Crippen LogP contribution in [-0.4, -0.2) is 31.5 Å². The minimum Gasteiger partial charge on any atom is -0.350 e. The monoisotopic (exact) mass is 410 g/mol. The Morgan fingerprint density at radius 2 is 1.76 bits per heavy atom. The smallest absolute Gasteiger partial charge is 0.233 e. The lowest BCUT2D eigenvalue weighted by atomic mass is 9.53. The predicted octanol–water partition coefficient (Wildman–Crippen LogP) is 3.97. The second-order valence-electron chi connectivity index (χ2n) is 9.57. The van der Waals surface area contributed by atoms with E-state index < -0.39 is 0 Å². The number of hydrogen-bond acceptors (Lipinski definition) is 4. The number of benzene rings is 1. The van der Waals surface area contributed by atoms with Crippen LogP contribution in [0.5, 0.6) is 0 Å². The lowest BCUT2D eigenvalue weighted by Crippen LogP contribution is -2.60. The third-order valence-electron chi connectivity index (χ3n) is 7.21. The SMILES string of the molecule is C[C@H](Sc1nnc(Cc2ccccc2)n1C)C(=O)NC12CC3CC(CC(C3)C1)C2. The van der Waals surface area contributed by atoms with Crippen LogP contribution in [0, 0.1) is 17.8 Å². The minimum absolute atomic E-state index is 0.0685. The van der Waals surface area contributed by atoms with Gasteiger partial charge < -0.3 is 9.88 Å². The summed E-state index contributed by atoms with van der Waals surface area (Å²) in [6.07, 6.45) is 8.49. The average molecular weight is 411 g/mol. The number of hydrogen-bond donors (Lipinski definition) is 1. The molecule has 1 aromatic carbocycles. The van der Waals surface area contributed by atoms with Crippen LogP contribution in [0.25, 0.3) is 0 Å². The van der Waals surface area contributed by atoms with Crippen molar-refractivity contribution < 1.29 is 4.79 Å². The molecule has 0 spiro atoms. The maximum atomic E-state index is 13.1. The van der Waals surface area contributed by atoms with Gasteiger partial charge in [0.2, 0.25) is 5.91 Å². The third-order valence-corrected chi connectivity index (χ3v) is 8.34. The van der Waals surface area contributed by atoms with E-state index in [-0.39, 0.29) is 16.7 Å². The number of carbonyl (C=O) groups excluding carboxylic acids is 1. The number of nitrogens with one attached hydrogen (secondary N) is 1. The van der Waals surface area contributed by atoms with Gasteiger partial charge in [-0.25, -0.2) is 0 Å². The molecule has 2 aromatic rings. The molecule has 5 nitrogen and oxygen atoms in total. The molecule has 4 fully saturated rings. The molecule has 29 heavy (non-hydrogen) atoms. The van der Waals surface area contributed by atoms with Crippen LogP contribution < -0.4 is 5.32 Å². The summed E-state index contributed by atoms with van der Waals surface area (Å²) in [6.45, 7) is 1.99. The van der Waals surface area contributed by atoms with Crippen molar-refractivity contribution in [3.8, 4) is 0 Å². The van der Waals surface area contributed by atoms with Crippen LogP contribution in [0.2, 0.25) is 0 Å². The molecular formula is C23H30N4OS. The number of thioether (sulfide) groups is 1. The fourth-order valence-corrected chi connectivity index (χ4v) is 7.05. The zero-order valence-corrected chi connectivity index (χ0v) is 18.1. The molecule has 0 aliphatic heterocycles. The van der Waals surface area contributed by atoms with E-state index in [0.717, 1.165) is 35.2 Å². The first-order valence-corrected chi connectivity index (χ1v) is 11.8. The molecule has 0 saturated heterocycles. The minimum atomic E-state index is -0.171. The number of carbonyl (C=O) groups is 1. The molecule has 4 aliphatic rings. The Hall–Kier alpha value is -1.82. The molecule has 0 radical (unpaired) electrons. The Bertz CT molecular complexity index is 858. The van der Waals surface area contributed by atoms with Gasteiger partial charge in [-0.3, -0.25) is 4.79 Å². The van der Waals surface area contributed by atoms with Crippen molar-refractivity contribution in [1.29, 1.82) is 0 Å². The van der Waals surface area contributed by atoms with E-state index in [1.165, 1.54) is 55.9 Å². The highest BCUT2D eigenvalue weighted by Crippen LogP contribution is 2.55. The first-order valence-electron chi connectivity index (χ1n) is 10.9. The van der Waals surface area contributed by atoms with Gasteiger partial charge in [-0.1, -0.05) is 42.1 Å². The van der Waals surface area contributed by atoms with Gasteiger partial charge in [-0.15, -0.1) is 10.2 Å². The normalized spacial score (nSPS) is 31.0. The largest absolute Gasteiger partial charge is 0.350 e. The van der Waals surface area contributed by atoms with E-state index in [4.69, 9.17) is 0 Å². The van der Waals surface area contributed by atoms with Crippen molar-refractivity contribution in [2.45, 2.75) is 67.8 Å². The van der Waals surface area contributed by atoms with Crippen LogP contribution in [0.1, 0.15) is 56.8 Å². The standard InChI is InChI=1S/C23H30N4OS/c1-15(21(28)24-23-12-17-8-18(13-23)10-19(9-17)14-23)29-22-26-25-20(27(22)2)11-16-6-4-3-5-7-16/h3-7,15,17-19H,8-14H2,1-2H3,(H,24,28)/t15-,17?,18?,19?,23?/m0/s1. The lowest BCUT2D eigenvalue weighted by Gasteiger charge is -2.57. The van der Waals surface area contributed by atoms with Crippen molar-refractivity contribution in [1.82, 2.24) is 20.1 Å². The molecule has 4 bridgehead atoms. The first-order chi connectivity index (χ1) is 14.0. The summed E-state index contributed by atoms with van der Waals surface area (Å²) in [5, 5.41) is 12.9. The van der Waals surface area contributed by atoms with E-state index in [1.54, 1.807) is 0 Å². The molecule has 6 heteroatoms. The van der Waals surface area contributed by atoms with Gasteiger partial charge >= 0.3 is 0 Å². The fourth-order valence-electron chi connectivity index (χ4n) is 6.22. The summed E-state index contributed by atoms with van der Waals surface area (Å²) >= 11 is 1.52. The van der Waals surface area contributed by atoms with Gasteiger partial charge in [0.25, 0.3) is 0 Å². The molecule has 1 heterocycles. The summed E-state index contributed by atoms with van der Waals surface area (Å²) in [6, 6.07) is 10.3. The number of rotatable bonds is 6. The molecule has 1 amide bonds. The highest BCUT2D eigenvalue weighted by Gasteiger charge is 2.51. The maximum absolute atomic E-state index is 13.1. The Kier molecular flexibility index (Phi) is 4.93. The van der Waals surface area contributed by atoms with Crippen molar-refractivity contribution in [3.05, 3.63) is 41.7 Å². The van der Waals surface area contributed by atoms with E-state index in [9.17, 15) is 4.79 Å². The quantitative estimate of drug-likeness (QED) is 0.732. The van der Waals surface area contributed by atoms with Crippen LogP contribution in [0.15, 0.2) is 35.5 Å². The van der Waals surface area contributed by atoms with Gasteiger partial charge in [0.05, 0.1) is 5.25 Å². The molecule has 0 unspecified atom stereocenters. The van der Waals surface area contributed by atoms with Gasteiger partial charge in [0, 0.05) is 19.0 Å². The van der Waals surface area contributed by atoms with Crippen LogP contribution in [0.3, 0.4) is 0 Å². The number of amides is 1. The molecule has 1 aromatic heterocycles.